The highest BCUT2D eigenvalue weighted by Gasteiger charge is 2.30. The van der Waals surface area contributed by atoms with Crippen molar-refractivity contribution in [2.24, 2.45) is 11.3 Å². The molecule has 1 aliphatic rings. The summed E-state index contributed by atoms with van der Waals surface area (Å²) in [6.07, 6.45) is 4.07. The number of amides is 2. The van der Waals surface area contributed by atoms with Crippen molar-refractivity contribution in [2.45, 2.75) is 44.9 Å². The summed E-state index contributed by atoms with van der Waals surface area (Å²) in [6.45, 7) is 6.73. The molecule has 2 aromatic rings. The van der Waals surface area contributed by atoms with Gasteiger partial charge in [-0.1, -0.05) is 32.9 Å². The highest BCUT2D eigenvalue weighted by molar-refractivity contribution is 7.90. The Morgan fingerprint density at radius 1 is 1.10 bits per heavy atom. The average Bonchev–Trinajstić information content (AvgIpc) is 3.08. The van der Waals surface area contributed by atoms with Crippen molar-refractivity contribution in [1.29, 1.82) is 0 Å². The molecule has 1 aromatic heterocycles. The van der Waals surface area contributed by atoms with E-state index in [9.17, 15) is 18.0 Å². The van der Waals surface area contributed by atoms with Crippen LogP contribution in [0.15, 0.2) is 35.2 Å². The van der Waals surface area contributed by atoms with E-state index in [-0.39, 0.29) is 15.9 Å². The van der Waals surface area contributed by atoms with Crippen molar-refractivity contribution < 1.29 is 18.0 Å². The number of aryl methyl sites for hydroxylation is 1. The Morgan fingerprint density at radius 2 is 1.76 bits per heavy atom. The van der Waals surface area contributed by atoms with E-state index in [1.165, 1.54) is 33.9 Å². The summed E-state index contributed by atoms with van der Waals surface area (Å²) in [4.78, 5) is 26.6. The molecule has 0 spiro atoms. The predicted octanol–water partition coefficient (Wildman–Crippen LogP) is 3.38. The van der Waals surface area contributed by atoms with Crippen LogP contribution in [0.3, 0.4) is 0 Å². The lowest BCUT2D eigenvalue weighted by Gasteiger charge is -2.33. The fourth-order valence-electron chi connectivity index (χ4n) is 3.59. The minimum Gasteiger partial charge on any atom is -0.267 e. The minimum atomic E-state index is -3.56. The van der Waals surface area contributed by atoms with Gasteiger partial charge in [-0.05, 0) is 54.4 Å². The van der Waals surface area contributed by atoms with Crippen molar-refractivity contribution in [3.63, 3.8) is 0 Å². The number of carbonyl (C=O) groups is 2. The minimum absolute atomic E-state index is 0.00575. The molecule has 6 nitrogen and oxygen atoms in total. The molecule has 8 heteroatoms. The quantitative estimate of drug-likeness (QED) is 0.725. The van der Waals surface area contributed by atoms with Gasteiger partial charge in [0.1, 0.15) is 0 Å². The van der Waals surface area contributed by atoms with Gasteiger partial charge in [-0.25, -0.2) is 8.42 Å². The van der Waals surface area contributed by atoms with Crippen LogP contribution < -0.4 is 10.9 Å². The van der Waals surface area contributed by atoms with Crippen LogP contribution in [0, 0.1) is 11.3 Å². The summed E-state index contributed by atoms with van der Waals surface area (Å²) in [5.74, 6) is -0.497. The summed E-state index contributed by atoms with van der Waals surface area (Å²) in [7, 11) is -3.56. The summed E-state index contributed by atoms with van der Waals surface area (Å²) >= 11 is 1.45. The Hall–Kier alpha value is -2.19. The van der Waals surface area contributed by atoms with Gasteiger partial charge < -0.3 is 0 Å². The monoisotopic (exact) mass is 434 g/mol. The Labute approximate surface area is 175 Å². The zero-order chi connectivity index (χ0) is 21.4. The van der Waals surface area contributed by atoms with E-state index in [4.69, 9.17) is 0 Å². The number of thiophene rings is 1. The van der Waals surface area contributed by atoms with Crippen LogP contribution >= 0.6 is 11.3 Å². The highest BCUT2D eigenvalue weighted by atomic mass is 32.2. The van der Waals surface area contributed by atoms with Crippen LogP contribution in [0.1, 0.15) is 57.7 Å². The summed E-state index contributed by atoms with van der Waals surface area (Å²) < 4.78 is 23.7. The normalized spacial score (nSPS) is 16.8. The van der Waals surface area contributed by atoms with E-state index in [2.05, 4.69) is 31.6 Å². The third-order valence-electron chi connectivity index (χ3n) is 5.35. The second-order valence-electron chi connectivity index (χ2n) is 8.54. The van der Waals surface area contributed by atoms with Gasteiger partial charge in [-0.15, -0.1) is 11.3 Å². The molecule has 1 atom stereocenters. The third kappa shape index (κ3) is 4.87. The van der Waals surface area contributed by atoms with Gasteiger partial charge in [-0.2, -0.15) is 0 Å². The number of fused-ring (bicyclic) bond motifs is 1. The number of nitrogens with one attached hydrogen (secondary N) is 2. The van der Waals surface area contributed by atoms with Crippen LogP contribution in [0.2, 0.25) is 0 Å². The first-order chi connectivity index (χ1) is 13.5. The van der Waals surface area contributed by atoms with Crippen molar-refractivity contribution in [1.82, 2.24) is 10.9 Å². The maximum Gasteiger partial charge on any atom is 0.279 e. The van der Waals surface area contributed by atoms with Crippen LogP contribution in [-0.4, -0.2) is 26.5 Å². The third-order valence-corrected chi connectivity index (χ3v) is 7.74. The molecule has 3 rings (SSSR count). The molecule has 0 aliphatic heterocycles. The average molecular weight is 435 g/mol. The summed E-state index contributed by atoms with van der Waals surface area (Å²) in [5, 5.41) is 0. The number of hydrogen-bond donors (Lipinski definition) is 2. The first kappa shape index (κ1) is 21.5. The zero-order valence-electron chi connectivity index (χ0n) is 17.0. The lowest BCUT2D eigenvalue weighted by Crippen LogP contribution is -2.41. The lowest BCUT2D eigenvalue weighted by molar-refractivity contribution is 0.0847. The molecule has 0 fully saturated rings. The highest BCUT2D eigenvalue weighted by Crippen LogP contribution is 2.40. The second-order valence-corrected chi connectivity index (χ2v) is 11.7. The van der Waals surface area contributed by atoms with Gasteiger partial charge >= 0.3 is 0 Å². The first-order valence-corrected chi connectivity index (χ1v) is 12.2. The molecular weight excluding hydrogens is 408 g/mol. The predicted molar refractivity (Wildman–Crippen MR) is 114 cm³/mol. The van der Waals surface area contributed by atoms with E-state index < -0.39 is 21.7 Å². The Bertz CT molecular complexity index is 1050. The van der Waals surface area contributed by atoms with E-state index in [0.717, 1.165) is 25.5 Å². The van der Waals surface area contributed by atoms with Gasteiger partial charge in [0, 0.05) is 11.1 Å². The Morgan fingerprint density at radius 3 is 2.41 bits per heavy atom. The molecular formula is C21H26N2O4S2. The first-order valence-electron chi connectivity index (χ1n) is 9.48. The Balaban J connectivity index is 1.69. The topological polar surface area (TPSA) is 92.3 Å². The van der Waals surface area contributed by atoms with Crippen molar-refractivity contribution in [3.8, 4) is 0 Å². The molecule has 29 heavy (non-hydrogen) atoms. The molecule has 0 unspecified atom stereocenters. The van der Waals surface area contributed by atoms with Crippen molar-refractivity contribution in [3.05, 3.63) is 51.2 Å². The van der Waals surface area contributed by atoms with Crippen molar-refractivity contribution >= 4 is 33.0 Å². The van der Waals surface area contributed by atoms with E-state index in [0.29, 0.717) is 10.8 Å². The number of carbonyl (C=O) groups excluding carboxylic acids is 2. The maximum atomic E-state index is 12.5. The van der Waals surface area contributed by atoms with Gasteiger partial charge in [0.15, 0.2) is 9.84 Å². The molecule has 0 radical (unpaired) electrons. The standard InChI is InChI=1S/C21H26N2O4S2/c1-21(2,3)14-9-10-16-13(11-14)12-17(28-16)20(25)23-22-19(24)15-7-5-6-8-18(15)29(4,26)27/h5-8,12,14H,9-11H2,1-4H3,(H,22,24)(H,23,25)/t14-/m0/s1. The fourth-order valence-corrected chi connectivity index (χ4v) is 5.58. The van der Waals surface area contributed by atoms with Crippen LogP contribution in [0.4, 0.5) is 0 Å². The molecule has 0 saturated heterocycles. The molecule has 156 valence electrons. The van der Waals surface area contributed by atoms with Crippen molar-refractivity contribution in [2.75, 3.05) is 6.26 Å². The van der Waals surface area contributed by atoms with Crippen LogP contribution in [0.5, 0.6) is 0 Å². The molecule has 1 aromatic carbocycles. The van der Waals surface area contributed by atoms with Gasteiger partial charge in [-0.3, -0.25) is 20.4 Å². The molecule has 0 bridgehead atoms. The van der Waals surface area contributed by atoms with E-state index in [1.54, 1.807) is 12.1 Å². The van der Waals surface area contributed by atoms with Gasteiger partial charge in [0.05, 0.1) is 15.3 Å². The SMILES string of the molecule is CC(C)(C)[C@H]1CCc2sc(C(=O)NNC(=O)c3ccccc3S(C)(=O)=O)cc2C1. The molecule has 2 amide bonds. The number of sulfone groups is 1. The van der Waals surface area contributed by atoms with Crippen LogP contribution in [0.25, 0.3) is 0 Å². The number of benzene rings is 1. The largest absolute Gasteiger partial charge is 0.279 e. The number of rotatable bonds is 3. The van der Waals surface area contributed by atoms with Gasteiger partial charge in [0.2, 0.25) is 0 Å². The van der Waals surface area contributed by atoms with E-state index >= 15 is 0 Å². The van der Waals surface area contributed by atoms with Crippen LogP contribution in [-0.2, 0) is 22.7 Å². The lowest BCUT2D eigenvalue weighted by atomic mass is 9.72. The zero-order valence-corrected chi connectivity index (χ0v) is 18.7. The van der Waals surface area contributed by atoms with Gasteiger partial charge in [0.25, 0.3) is 11.8 Å². The molecule has 0 saturated carbocycles. The summed E-state index contributed by atoms with van der Waals surface area (Å²) in [5.41, 5.74) is 6.16. The number of hydrogen-bond acceptors (Lipinski definition) is 5. The second kappa shape index (κ2) is 7.91. The number of hydrazine groups is 1. The maximum absolute atomic E-state index is 12.5. The summed E-state index contributed by atoms with van der Waals surface area (Å²) in [6, 6.07) is 7.81. The fraction of sp³-hybridized carbons (Fsp3) is 0.429. The molecule has 1 heterocycles. The smallest absolute Gasteiger partial charge is 0.267 e. The molecule has 1 aliphatic carbocycles. The van der Waals surface area contributed by atoms with E-state index in [1.807, 2.05) is 6.07 Å². The molecule has 2 N–H and O–H groups in total. The Kier molecular flexibility index (Phi) is 5.87.